The number of aromatic nitrogens is 2. The highest BCUT2D eigenvalue weighted by molar-refractivity contribution is 6.10. The Labute approximate surface area is 140 Å². The maximum Gasteiger partial charge on any atom is 0.133 e. The van der Waals surface area contributed by atoms with E-state index in [1.807, 2.05) is 32.0 Å². The van der Waals surface area contributed by atoms with Gasteiger partial charge in [0, 0.05) is 41.7 Å². The van der Waals surface area contributed by atoms with Crippen LogP contribution in [0.2, 0.25) is 0 Å². The maximum atomic E-state index is 10.1. The molecule has 2 aromatic heterocycles. The summed E-state index contributed by atoms with van der Waals surface area (Å²) in [5, 5.41) is 15.3. The molecule has 3 aromatic rings. The number of nitrogens with one attached hydrogen (secondary N) is 2. The summed E-state index contributed by atoms with van der Waals surface area (Å²) in [7, 11) is 1.62. The third-order valence-corrected chi connectivity index (χ3v) is 3.86. The number of ether oxygens (including phenoxy) is 2. The largest absolute Gasteiger partial charge is 0.497 e. The second kappa shape index (κ2) is 7.07. The van der Waals surface area contributed by atoms with Crippen LogP contribution in [0.25, 0.3) is 21.8 Å². The number of pyridine rings is 1. The molecule has 0 bridgehead atoms. The monoisotopic (exact) mass is 329 g/mol. The number of aromatic amines is 1. The minimum absolute atomic E-state index is 0.208. The van der Waals surface area contributed by atoms with E-state index in [1.54, 1.807) is 19.5 Å². The molecule has 3 rings (SSSR count). The number of aliphatic hydroxyl groups is 1. The van der Waals surface area contributed by atoms with Gasteiger partial charge in [-0.05, 0) is 6.07 Å². The first kappa shape index (κ1) is 16.5. The van der Waals surface area contributed by atoms with Gasteiger partial charge in [-0.2, -0.15) is 0 Å². The Balaban J connectivity index is 1.90. The quantitative estimate of drug-likeness (QED) is 0.620. The lowest BCUT2D eigenvalue weighted by molar-refractivity contribution is 0.105. The molecule has 24 heavy (non-hydrogen) atoms. The van der Waals surface area contributed by atoms with E-state index in [0.29, 0.717) is 24.1 Å². The van der Waals surface area contributed by atoms with Gasteiger partial charge in [0.15, 0.2) is 0 Å². The van der Waals surface area contributed by atoms with Gasteiger partial charge in [0.05, 0.1) is 24.3 Å². The smallest absolute Gasteiger partial charge is 0.133 e. The molecule has 128 valence electrons. The molecule has 0 amide bonds. The highest BCUT2D eigenvalue weighted by Gasteiger charge is 2.14. The van der Waals surface area contributed by atoms with E-state index in [-0.39, 0.29) is 6.61 Å². The van der Waals surface area contributed by atoms with Crippen molar-refractivity contribution in [3.05, 3.63) is 30.6 Å². The first-order chi connectivity index (χ1) is 11.6. The van der Waals surface area contributed by atoms with E-state index in [0.717, 1.165) is 21.8 Å². The summed E-state index contributed by atoms with van der Waals surface area (Å²) in [6.07, 6.45) is 2.96. The molecule has 0 radical (unpaired) electrons. The number of fused-ring (bicyclic) bond motifs is 3. The SMILES string of the molecule is COc1cc(OCC(O)CNC(C)C)c2c(c1)[nH]c1cnccc12. The molecule has 0 fully saturated rings. The number of methoxy groups -OCH3 is 1. The molecule has 0 spiro atoms. The van der Waals surface area contributed by atoms with Crippen LogP contribution in [0.15, 0.2) is 30.6 Å². The van der Waals surface area contributed by atoms with Crippen LogP contribution in [-0.4, -0.2) is 47.5 Å². The van der Waals surface area contributed by atoms with Crippen LogP contribution >= 0.6 is 0 Å². The number of hydrogen-bond donors (Lipinski definition) is 3. The van der Waals surface area contributed by atoms with Crippen molar-refractivity contribution >= 4 is 21.8 Å². The first-order valence-electron chi connectivity index (χ1n) is 8.06. The fraction of sp³-hybridized carbons (Fsp3) is 0.389. The van der Waals surface area contributed by atoms with E-state index in [4.69, 9.17) is 9.47 Å². The summed E-state index contributed by atoms with van der Waals surface area (Å²) in [5.41, 5.74) is 1.86. The predicted molar refractivity (Wildman–Crippen MR) is 94.8 cm³/mol. The molecule has 6 nitrogen and oxygen atoms in total. The van der Waals surface area contributed by atoms with Crippen molar-refractivity contribution < 1.29 is 14.6 Å². The molecular weight excluding hydrogens is 306 g/mol. The lowest BCUT2D eigenvalue weighted by atomic mass is 10.1. The van der Waals surface area contributed by atoms with Crippen LogP contribution in [0.4, 0.5) is 0 Å². The third-order valence-electron chi connectivity index (χ3n) is 3.86. The van der Waals surface area contributed by atoms with Gasteiger partial charge in [-0.3, -0.25) is 4.98 Å². The Morgan fingerprint density at radius 3 is 2.88 bits per heavy atom. The van der Waals surface area contributed by atoms with Crippen molar-refractivity contribution in [2.75, 3.05) is 20.3 Å². The summed E-state index contributed by atoms with van der Waals surface area (Å²) in [5.74, 6) is 1.39. The Morgan fingerprint density at radius 1 is 1.29 bits per heavy atom. The fourth-order valence-corrected chi connectivity index (χ4v) is 2.67. The normalized spacial score (nSPS) is 12.9. The van der Waals surface area contributed by atoms with Crippen molar-refractivity contribution in [2.45, 2.75) is 26.0 Å². The molecule has 6 heteroatoms. The predicted octanol–water partition coefficient (Wildman–Crippen LogP) is 2.46. The highest BCUT2D eigenvalue weighted by Crippen LogP contribution is 2.36. The summed E-state index contributed by atoms with van der Waals surface area (Å²) in [6.45, 7) is 4.78. The van der Waals surface area contributed by atoms with Gasteiger partial charge in [-0.15, -0.1) is 0 Å². The Kier molecular flexibility index (Phi) is 4.87. The Hall–Kier alpha value is -2.31. The molecule has 1 unspecified atom stereocenters. The van der Waals surface area contributed by atoms with Crippen molar-refractivity contribution in [3.63, 3.8) is 0 Å². The maximum absolute atomic E-state index is 10.1. The molecule has 2 heterocycles. The van der Waals surface area contributed by atoms with Crippen LogP contribution in [0.3, 0.4) is 0 Å². The molecular formula is C18H23N3O3. The van der Waals surface area contributed by atoms with E-state index >= 15 is 0 Å². The molecule has 0 saturated heterocycles. The molecule has 1 aromatic carbocycles. The zero-order chi connectivity index (χ0) is 17.1. The van der Waals surface area contributed by atoms with Gasteiger partial charge in [0.1, 0.15) is 24.2 Å². The van der Waals surface area contributed by atoms with Gasteiger partial charge < -0.3 is 24.9 Å². The van der Waals surface area contributed by atoms with Crippen LogP contribution in [0.1, 0.15) is 13.8 Å². The average Bonchev–Trinajstić information content (AvgIpc) is 2.96. The van der Waals surface area contributed by atoms with Crippen molar-refractivity contribution in [2.24, 2.45) is 0 Å². The first-order valence-corrected chi connectivity index (χ1v) is 8.06. The Bertz CT molecular complexity index is 829. The van der Waals surface area contributed by atoms with Gasteiger partial charge in [0.2, 0.25) is 0 Å². The molecule has 1 atom stereocenters. The fourth-order valence-electron chi connectivity index (χ4n) is 2.67. The second-order valence-corrected chi connectivity index (χ2v) is 6.12. The molecule has 0 aliphatic heterocycles. The van der Waals surface area contributed by atoms with E-state index < -0.39 is 6.10 Å². The number of aliphatic hydroxyl groups excluding tert-OH is 1. The van der Waals surface area contributed by atoms with E-state index in [9.17, 15) is 5.11 Å². The zero-order valence-electron chi connectivity index (χ0n) is 14.2. The molecule has 3 N–H and O–H groups in total. The minimum atomic E-state index is -0.583. The molecule has 0 aliphatic rings. The average molecular weight is 329 g/mol. The lowest BCUT2D eigenvalue weighted by Crippen LogP contribution is -2.35. The molecule has 0 saturated carbocycles. The summed E-state index contributed by atoms with van der Waals surface area (Å²) < 4.78 is 11.3. The van der Waals surface area contributed by atoms with Gasteiger partial charge in [0.25, 0.3) is 0 Å². The van der Waals surface area contributed by atoms with Crippen LogP contribution in [-0.2, 0) is 0 Å². The van der Waals surface area contributed by atoms with Crippen LogP contribution in [0, 0.1) is 0 Å². The third kappa shape index (κ3) is 3.44. The zero-order valence-corrected chi connectivity index (χ0v) is 14.2. The topological polar surface area (TPSA) is 79.4 Å². The number of rotatable bonds is 7. The van der Waals surface area contributed by atoms with Crippen molar-refractivity contribution in [1.82, 2.24) is 15.3 Å². The summed E-state index contributed by atoms with van der Waals surface area (Å²) in [4.78, 5) is 7.47. The minimum Gasteiger partial charge on any atom is -0.497 e. The number of benzene rings is 1. The second-order valence-electron chi connectivity index (χ2n) is 6.12. The number of H-pyrrole nitrogens is 1. The lowest BCUT2D eigenvalue weighted by Gasteiger charge is -2.16. The van der Waals surface area contributed by atoms with Gasteiger partial charge in [-0.25, -0.2) is 0 Å². The van der Waals surface area contributed by atoms with Crippen LogP contribution in [0.5, 0.6) is 11.5 Å². The number of nitrogens with zero attached hydrogens (tertiary/aromatic N) is 1. The van der Waals surface area contributed by atoms with Crippen molar-refractivity contribution in [1.29, 1.82) is 0 Å². The van der Waals surface area contributed by atoms with Gasteiger partial charge >= 0.3 is 0 Å². The highest BCUT2D eigenvalue weighted by atomic mass is 16.5. The molecule has 0 aliphatic carbocycles. The Morgan fingerprint density at radius 2 is 2.12 bits per heavy atom. The summed E-state index contributed by atoms with van der Waals surface area (Å²) in [6, 6.07) is 6.05. The number of hydrogen-bond acceptors (Lipinski definition) is 5. The summed E-state index contributed by atoms with van der Waals surface area (Å²) >= 11 is 0. The van der Waals surface area contributed by atoms with Gasteiger partial charge in [-0.1, -0.05) is 13.8 Å². The van der Waals surface area contributed by atoms with E-state index in [1.165, 1.54) is 0 Å². The van der Waals surface area contributed by atoms with E-state index in [2.05, 4.69) is 15.3 Å². The standard InChI is InChI=1S/C18H23N3O3/c1-11(2)20-8-12(22)10-24-17-7-13(23-3)6-15-18(17)14-4-5-19-9-16(14)21-15/h4-7,9,11-12,20-22H,8,10H2,1-3H3. The van der Waals surface area contributed by atoms with Crippen molar-refractivity contribution in [3.8, 4) is 11.5 Å². The van der Waals surface area contributed by atoms with Crippen LogP contribution < -0.4 is 14.8 Å².